The van der Waals surface area contributed by atoms with E-state index in [-0.39, 0.29) is 10.5 Å². The highest BCUT2D eigenvalue weighted by Gasteiger charge is 2.34. The van der Waals surface area contributed by atoms with Crippen LogP contribution in [-0.4, -0.2) is 21.6 Å². The second-order valence-electron chi connectivity index (χ2n) is 4.29. The highest BCUT2D eigenvalue weighted by Crippen LogP contribution is 2.34. The molecule has 1 aliphatic rings. The number of thiazole rings is 1. The predicted octanol–water partition coefficient (Wildman–Crippen LogP) is 2.26. The van der Waals surface area contributed by atoms with Crippen LogP contribution >= 0.6 is 11.3 Å². The van der Waals surface area contributed by atoms with Crippen LogP contribution in [0, 0.1) is 0 Å². The van der Waals surface area contributed by atoms with Gasteiger partial charge in [-0.15, -0.1) is 11.3 Å². The molecule has 0 unspecified atom stereocenters. The summed E-state index contributed by atoms with van der Waals surface area (Å²) in [6, 6.07) is 0. The van der Waals surface area contributed by atoms with E-state index in [9.17, 15) is 4.79 Å². The summed E-state index contributed by atoms with van der Waals surface area (Å²) in [6.07, 6.45) is 4.86. The molecule has 88 valence electrons. The van der Waals surface area contributed by atoms with Crippen molar-refractivity contribution in [1.82, 2.24) is 10.3 Å². The van der Waals surface area contributed by atoms with Crippen molar-refractivity contribution in [3.05, 3.63) is 16.1 Å². The van der Waals surface area contributed by atoms with Crippen LogP contribution in [0.1, 0.15) is 48.1 Å². The van der Waals surface area contributed by atoms with E-state index in [2.05, 4.69) is 17.2 Å². The fraction of sp³-hybridized carbons (Fsp3) is 0.636. The van der Waals surface area contributed by atoms with Crippen LogP contribution in [-0.2, 0) is 6.54 Å². The Hall–Kier alpha value is -0.940. The Bertz CT molecular complexity index is 380. The molecule has 1 saturated carbocycles. The van der Waals surface area contributed by atoms with Gasteiger partial charge in [0, 0.05) is 17.5 Å². The molecular formula is C11H16N2O2S. The minimum Gasteiger partial charge on any atom is -0.476 e. The van der Waals surface area contributed by atoms with Crippen LogP contribution in [0.2, 0.25) is 0 Å². The van der Waals surface area contributed by atoms with Gasteiger partial charge in [0.15, 0.2) is 0 Å². The van der Waals surface area contributed by atoms with Crippen molar-refractivity contribution in [2.45, 2.75) is 44.7 Å². The van der Waals surface area contributed by atoms with Gasteiger partial charge in [0.05, 0.1) is 5.69 Å². The Morgan fingerprint density at radius 2 is 2.44 bits per heavy atom. The minimum absolute atomic E-state index is 0.177. The van der Waals surface area contributed by atoms with Gasteiger partial charge in [0.25, 0.3) is 0 Å². The number of carboxylic acid groups (broad SMARTS) is 1. The predicted molar refractivity (Wildman–Crippen MR) is 62.8 cm³/mol. The highest BCUT2D eigenvalue weighted by atomic mass is 32.1. The van der Waals surface area contributed by atoms with Crippen LogP contribution in [0.4, 0.5) is 0 Å². The summed E-state index contributed by atoms with van der Waals surface area (Å²) in [5, 5.41) is 14.3. The Labute approximate surface area is 98.7 Å². The summed E-state index contributed by atoms with van der Waals surface area (Å²) < 4.78 is 0. The Morgan fingerprint density at radius 3 is 2.88 bits per heavy atom. The molecular weight excluding hydrogens is 224 g/mol. The van der Waals surface area contributed by atoms with Gasteiger partial charge in [-0.1, -0.05) is 6.92 Å². The van der Waals surface area contributed by atoms with Crippen molar-refractivity contribution in [3.8, 4) is 0 Å². The van der Waals surface area contributed by atoms with E-state index >= 15 is 0 Å². The number of carbonyl (C=O) groups is 1. The standard InChI is InChI=1S/C11H16N2O2S/c1-2-11(4-3-5-11)12-6-8-7-16-9(13-8)10(14)15/h7,12H,2-6H2,1H3,(H,14,15). The van der Waals surface area contributed by atoms with Crippen molar-refractivity contribution in [2.75, 3.05) is 0 Å². The molecule has 0 aliphatic heterocycles. The van der Waals surface area contributed by atoms with E-state index in [4.69, 9.17) is 5.11 Å². The summed E-state index contributed by atoms with van der Waals surface area (Å²) in [7, 11) is 0. The van der Waals surface area contributed by atoms with Crippen LogP contribution in [0.5, 0.6) is 0 Å². The first-order chi connectivity index (χ1) is 7.65. The lowest BCUT2D eigenvalue weighted by molar-refractivity contribution is 0.0696. The smallest absolute Gasteiger partial charge is 0.365 e. The molecule has 0 bridgehead atoms. The maximum absolute atomic E-state index is 10.7. The van der Waals surface area contributed by atoms with Crippen molar-refractivity contribution >= 4 is 17.3 Å². The third kappa shape index (κ3) is 2.25. The quantitative estimate of drug-likeness (QED) is 0.828. The molecule has 1 heterocycles. The molecule has 5 heteroatoms. The third-order valence-corrected chi connectivity index (χ3v) is 4.25. The SMILES string of the molecule is CCC1(NCc2csc(C(=O)O)n2)CCC1. The van der Waals surface area contributed by atoms with Crippen molar-refractivity contribution in [1.29, 1.82) is 0 Å². The fourth-order valence-electron chi connectivity index (χ4n) is 2.02. The van der Waals surface area contributed by atoms with Gasteiger partial charge in [-0.25, -0.2) is 9.78 Å². The second kappa shape index (κ2) is 4.51. The summed E-state index contributed by atoms with van der Waals surface area (Å²) in [5.74, 6) is -0.940. The summed E-state index contributed by atoms with van der Waals surface area (Å²) in [4.78, 5) is 14.7. The molecule has 2 rings (SSSR count). The van der Waals surface area contributed by atoms with Crippen LogP contribution in [0.3, 0.4) is 0 Å². The molecule has 0 atom stereocenters. The van der Waals surface area contributed by atoms with Crippen molar-refractivity contribution < 1.29 is 9.90 Å². The van der Waals surface area contributed by atoms with Gasteiger partial charge < -0.3 is 10.4 Å². The molecule has 0 amide bonds. The minimum atomic E-state index is -0.940. The summed E-state index contributed by atoms with van der Waals surface area (Å²) in [6.45, 7) is 2.87. The van der Waals surface area contributed by atoms with Gasteiger partial charge in [0.1, 0.15) is 0 Å². The fourth-order valence-corrected chi connectivity index (χ4v) is 2.68. The van der Waals surface area contributed by atoms with Crippen LogP contribution < -0.4 is 5.32 Å². The number of hydrogen-bond acceptors (Lipinski definition) is 4. The van der Waals surface area contributed by atoms with Gasteiger partial charge in [-0.2, -0.15) is 0 Å². The topological polar surface area (TPSA) is 62.2 Å². The normalized spacial score (nSPS) is 18.1. The highest BCUT2D eigenvalue weighted by molar-refractivity contribution is 7.11. The van der Waals surface area contributed by atoms with E-state index in [1.165, 1.54) is 30.6 Å². The molecule has 1 aromatic rings. The molecule has 0 spiro atoms. The van der Waals surface area contributed by atoms with Gasteiger partial charge >= 0.3 is 5.97 Å². The second-order valence-corrected chi connectivity index (χ2v) is 5.15. The first-order valence-corrected chi connectivity index (χ1v) is 6.46. The first kappa shape index (κ1) is 11.5. The van der Waals surface area contributed by atoms with E-state index in [1.54, 1.807) is 0 Å². The lowest BCUT2D eigenvalue weighted by Gasteiger charge is -2.42. The van der Waals surface area contributed by atoms with Gasteiger partial charge in [-0.05, 0) is 25.7 Å². The summed E-state index contributed by atoms with van der Waals surface area (Å²) in [5.41, 5.74) is 1.12. The molecule has 1 fully saturated rings. The van der Waals surface area contributed by atoms with E-state index in [0.29, 0.717) is 6.54 Å². The maximum Gasteiger partial charge on any atom is 0.365 e. The molecule has 0 saturated heterocycles. The number of hydrogen-bond donors (Lipinski definition) is 2. The average Bonchev–Trinajstić information content (AvgIpc) is 2.65. The molecule has 1 aliphatic carbocycles. The zero-order valence-corrected chi connectivity index (χ0v) is 10.1. The van der Waals surface area contributed by atoms with Gasteiger partial charge in [0.2, 0.25) is 5.01 Å². The number of aromatic nitrogens is 1. The number of carboxylic acids is 1. The Balaban J connectivity index is 1.91. The Kier molecular flexibility index (Phi) is 3.25. The lowest BCUT2D eigenvalue weighted by atomic mass is 9.75. The van der Waals surface area contributed by atoms with Crippen molar-refractivity contribution in [2.24, 2.45) is 0 Å². The number of nitrogens with one attached hydrogen (secondary N) is 1. The zero-order chi connectivity index (χ0) is 11.6. The average molecular weight is 240 g/mol. The van der Waals surface area contributed by atoms with E-state index in [1.807, 2.05) is 5.38 Å². The lowest BCUT2D eigenvalue weighted by Crippen LogP contribution is -2.49. The molecule has 1 aromatic heterocycles. The monoisotopic (exact) mass is 240 g/mol. The molecule has 0 aromatic carbocycles. The molecule has 4 nitrogen and oxygen atoms in total. The van der Waals surface area contributed by atoms with E-state index < -0.39 is 5.97 Å². The van der Waals surface area contributed by atoms with Gasteiger partial charge in [-0.3, -0.25) is 0 Å². The van der Waals surface area contributed by atoms with Crippen LogP contribution in [0.25, 0.3) is 0 Å². The summed E-state index contributed by atoms with van der Waals surface area (Å²) >= 11 is 1.19. The molecule has 0 radical (unpaired) electrons. The van der Waals surface area contributed by atoms with Crippen LogP contribution in [0.15, 0.2) is 5.38 Å². The molecule has 2 N–H and O–H groups in total. The first-order valence-electron chi connectivity index (χ1n) is 5.58. The third-order valence-electron chi connectivity index (χ3n) is 3.37. The number of nitrogens with zero attached hydrogens (tertiary/aromatic N) is 1. The molecule has 16 heavy (non-hydrogen) atoms. The maximum atomic E-state index is 10.7. The number of rotatable bonds is 5. The zero-order valence-electron chi connectivity index (χ0n) is 9.32. The number of aromatic carboxylic acids is 1. The Morgan fingerprint density at radius 1 is 1.69 bits per heavy atom. The largest absolute Gasteiger partial charge is 0.476 e. The van der Waals surface area contributed by atoms with Crippen molar-refractivity contribution in [3.63, 3.8) is 0 Å². The van der Waals surface area contributed by atoms with E-state index in [0.717, 1.165) is 12.1 Å².